The maximum absolute atomic E-state index is 11.1. The summed E-state index contributed by atoms with van der Waals surface area (Å²) in [5.41, 5.74) is 0. The minimum Gasteiger partial charge on any atom is -0.394 e. The van der Waals surface area contributed by atoms with Crippen molar-refractivity contribution in [2.45, 2.75) is 39.3 Å². The van der Waals surface area contributed by atoms with Gasteiger partial charge in [0.15, 0.2) is 0 Å². The highest BCUT2D eigenvalue weighted by Gasteiger charge is 2.06. The van der Waals surface area contributed by atoms with Crippen molar-refractivity contribution in [3.63, 3.8) is 0 Å². The molecular weight excluding hydrogens is 168 g/mol. The van der Waals surface area contributed by atoms with Gasteiger partial charge >= 0.3 is 0 Å². The van der Waals surface area contributed by atoms with Crippen LogP contribution in [0.4, 0.5) is 0 Å². The molecule has 0 saturated carbocycles. The van der Waals surface area contributed by atoms with E-state index >= 15 is 0 Å². The van der Waals surface area contributed by atoms with Crippen LogP contribution >= 0.6 is 0 Å². The van der Waals surface area contributed by atoms with E-state index in [1.54, 1.807) is 6.92 Å². The van der Waals surface area contributed by atoms with Crippen LogP contribution in [-0.2, 0) is 4.79 Å². The highest BCUT2D eigenvalue weighted by molar-refractivity contribution is 5.78. The van der Waals surface area contributed by atoms with Crippen molar-refractivity contribution in [2.24, 2.45) is 0 Å². The lowest BCUT2D eigenvalue weighted by atomic mass is 10.2. The van der Waals surface area contributed by atoms with Gasteiger partial charge in [0, 0.05) is 12.1 Å². The second-order valence-corrected chi connectivity index (χ2v) is 3.34. The van der Waals surface area contributed by atoms with Crippen molar-refractivity contribution in [2.75, 3.05) is 13.2 Å². The van der Waals surface area contributed by atoms with Gasteiger partial charge in [-0.3, -0.25) is 4.79 Å². The molecule has 0 aromatic carbocycles. The average molecular weight is 188 g/mol. The fraction of sp³-hybridized carbons (Fsp3) is 0.889. The molecule has 0 fully saturated rings. The molecule has 3 N–H and O–H groups in total. The van der Waals surface area contributed by atoms with Gasteiger partial charge in [-0.25, -0.2) is 0 Å². The number of rotatable bonds is 6. The number of hydrogen-bond donors (Lipinski definition) is 3. The molecule has 2 atom stereocenters. The lowest BCUT2D eigenvalue weighted by Crippen LogP contribution is -2.42. The number of aliphatic hydroxyl groups is 1. The van der Waals surface area contributed by atoms with Crippen LogP contribution in [0.3, 0.4) is 0 Å². The Morgan fingerprint density at radius 1 is 1.38 bits per heavy atom. The van der Waals surface area contributed by atoms with Gasteiger partial charge in [-0.1, -0.05) is 6.92 Å². The molecule has 13 heavy (non-hydrogen) atoms. The molecule has 0 aromatic rings. The SMILES string of the molecule is CCC(C)NCC(=O)N[C@@H](C)CO. The summed E-state index contributed by atoms with van der Waals surface area (Å²) in [7, 11) is 0. The van der Waals surface area contributed by atoms with Gasteiger partial charge in [-0.15, -0.1) is 0 Å². The van der Waals surface area contributed by atoms with Gasteiger partial charge in [0.1, 0.15) is 0 Å². The average Bonchev–Trinajstić information content (AvgIpc) is 2.13. The Morgan fingerprint density at radius 2 is 2.00 bits per heavy atom. The Balaban J connectivity index is 3.51. The standard InChI is InChI=1S/C9H20N2O2/c1-4-7(2)10-5-9(13)11-8(3)6-12/h7-8,10,12H,4-6H2,1-3H3,(H,11,13)/t7?,8-/m0/s1. The monoisotopic (exact) mass is 188 g/mol. The van der Waals surface area contributed by atoms with Crippen LogP contribution in [0.15, 0.2) is 0 Å². The molecular formula is C9H20N2O2. The van der Waals surface area contributed by atoms with Crippen molar-refractivity contribution in [1.82, 2.24) is 10.6 Å². The number of carbonyl (C=O) groups is 1. The molecule has 1 amide bonds. The van der Waals surface area contributed by atoms with Crippen LogP contribution in [0.25, 0.3) is 0 Å². The summed E-state index contributed by atoms with van der Waals surface area (Å²) in [4.78, 5) is 11.1. The van der Waals surface area contributed by atoms with E-state index in [4.69, 9.17) is 5.11 Å². The highest BCUT2D eigenvalue weighted by atomic mass is 16.3. The number of aliphatic hydroxyl groups excluding tert-OH is 1. The van der Waals surface area contributed by atoms with Gasteiger partial charge in [0.05, 0.1) is 13.2 Å². The zero-order chi connectivity index (χ0) is 10.3. The molecule has 0 rings (SSSR count). The summed E-state index contributed by atoms with van der Waals surface area (Å²) in [6, 6.07) is 0.196. The summed E-state index contributed by atoms with van der Waals surface area (Å²) in [5.74, 6) is -0.0677. The zero-order valence-corrected chi connectivity index (χ0v) is 8.63. The molecule has 0 saturated heterocycles. The maximum Gasteiger partial charge on any atom is 0.234 e. The lowest BCUT2D eigenvalue weighted by Gasteiger charge is -2.13. The first-order chi connectivity index (χ1) is 6.10. The predicted octanol–water partition coefficient (Wildman–Crippen LogP) is -0.128. The molecule has 0 heterocycles. The van der Waals surface area contributed by atoms with Crippen LogP contribution in [-0.4, -0.2) is 36.2 Å². The van der Waals surface area contributed by atoms with Crippen molar-refractivity contribution in [1.29, 1.82) is 0 Å². The minimum absolute atomic E-state index is 0.0188. The fourth-order valence-electron chi connectivity index (χ4n) is 0.783. The van der Waals surface area contributed by atoms with Gasteiger partial charge in [0.25, 0.3) is 0 Å². The summed E-state index contributed by atoms with van der Waals surface area (Å²) in [6.07, 6.45) is 1.00. The van der Waals surface area contributed by atoms with E-state index in [9.17, 15) is 4.79 Å². The third kappa shape index (κ3) is 6.54. The van der Waals surface area contributed by atoms with Gasteiger partial charge in [-0.05, 0) is 20.3 Å². The molecule has 0 radical (unpaired) electrons. The second-order valence-electron chi connectivity index (χ2n) is 3.34. The van der Waals surface area contributed by atoms with Crippen molar-refractivity contribution < 1.29 is 9.90 Å². The van der Waals surface area contributed by atoms with Gasteiger partial charge in [-0.2, -0.15) is 0 Å². The summed E-state index contributed by atoms with van der Waals surface area (Å²) < 4.78 is 0. The first kappa shape index (κ1) is 12.4. The van der Waals surface area contributed by atoms with Crippen LogP contribution in [0, 0.1) is 0 Å². The molecule has 0 aromatic heterocycles. The quantitative estimate of drug-likeness (QED) is 0.544. The molecule has 4 heteroatoms. The number of hydrogen-bond acceptors (Lipinski definition) is 3. The van der Waals surface area contributed by atoms with Gasteiger partial charge in [0.2, 0.25) is 5.91 Å². The van der Waals surface area contributed by atoms with Gasteiger partial charge < -0.3 is 15.7 Å². The number of amides is 1. The Morgan fingerprint density at radius 3 is 2.46 bits per heavy atom. The van der Waals surface area contributed by atoms with E-state index < -0.39 is 0 Å². The Kier molecular flexibility index (Phi) is 6.54. The minimum atomic E-state index is -0.161. The molecule has 4 nitrogen and oxygen atoms in total. The molecule has 0 aliphatic rings. The molecule has 0 aliphatic carbocycles. The zero-order valence-electron chi connectivity index (χ0n) is 8.63. The second kappa shape index (κ2) is 6.86. The predicted molar refractivity (Wildman–Crippen MR) is 52.4 cm³/mol. The first-order valence-electron chi connectivity index (χ1n) is 4.73. The van der Waals surface area contributed by atoms with Crippen LogP contribution in [0.1, 0.15) is 27.2 Å². The van der Waals surface area contributed by atoms with E-state index in [2.05, 4.69) is 17.6 Å². The Hall–Kier alpha value is -0.610. The van der Waals surface area contributed by atoms with Crippen LogP contribution < -0.4 is 10.6 Å². The first-order valence-corrected chi connectivity index (χ1v) is 4.73. The van der Waals surface area contributed by atoms with Crippen LogP contribution in [0.2, 0.25) is 0 Å². The maximum atomic E-state index is 11.1. The third-order valence-corrected chi connectivity index (χ3v) is 1.90. The number of carbonyl (C=O) groups excluding carboxylic acids is 1. The van der Waals surface area contributed by atoms with Crippen molar-refractivity contribution in [3.05, 3.63) is 0 Å². The lowest BCUT2D eigenvalue weighted by molar-refractivity contribution is -0.121. The van der Waals surface area contributed by atoms with Crippen molar-refractivity contribution in [3.8, 4) is 0 Å². The molecule has 0 aliphatic heterocycles. The molecule has 0 bridgehead atoms. The van der Waals surface area contributed by atoms with E-state index in [0.717, 1.165) is 6.42 Å². The molecule has 1 unspecified atom stereocenters. The summed E-state index contributed by atoms with van der Waals surface area (Å²) >= 11 is 0. The van der Waals surface area contributed by atoms with E-state index in [1.165, 1.54) is 0 Å². The topological polar surface area (TPSA) is 61.4 Å². The Bertz CT molecular complexity index is 151. The summed E-state index contributed by atoms with van der Waals surface area (Å²) in [6.45, 7) is 6.16. The summed E-state index contributed by atoms with van der Waals surface area (Å²) in [5, 5.41) is 14.4. The molecule has 0 spiro atoms. The normalized spacial score (nSPS) is 15.1. The largest absolute Gasteiger partial charge is 0.394 e. The van der Waals surface area contributed by atoms with Crippen LogP contribution in [0.5, 0.6) is 0 Å². The smallest absolute Gasteiger partial charge is 0.234 e. The Labute approximate surface area is 79.7 Å². The third-order valence-electron chi connectivity index (χ3n) is 1.90. The van der Waals surface area contributed by atoms with Crippen molar-refractivity contribution >= 4 is 5.91 Å². The highest BCUT2D eigenvalue weighted by Crippen LogP contribution is 1.86. The fourth-order valence-corrected chi connectivity index (χ4v) is 0.783. The van der Waals surface area contributed by atoms with E-state index in [-0.39, 0.29) is 18.6 Å². The van der Waals surface area contributed by atoms with E-state index in [0.29, 0.717) is 12.6 Å². The number of nitrogens with one attached hydrogen (secondary N) is 2. The van der Waals surface area contributed by atoms with E-state index in [1.807, 2.05) is 6.92 Å². The molecule has 78 valence electrons.